The molecular formula is C36H41N3O6S. The van der Waals surface area contributed by atoms with Gasteiger partial charge in [0.15, 0.2) is 0 Å². The van der Waals surface area contributed by atoms with Gasteiger partial charge in [-0.2, -0.15) is 0 Å². The molecule has 4 aromatic rings. The molecule has 10 heteroatoms. The Morgan fingerprint density at radius 1 is 0.761 bits per heavy atom. The van der Waals surface area contributed by atoms with Crippen molar-refractivity contribution in [3.8, 4) is 11.5 Å². The molecule has 2 amide bonds. The number of anilines is 1. The molecule has 242 valence electrons. The predicted octanol–water partition coefficient (Wildman–Crippen LogP) is 5.45. The van der Waals surface area contributed by atoms with Crippen molar-refractivity contribution in [2.75, 3.05) is 25.1 Å². The van der Waals surface area contributed by atoms with Crippen molar-refractivity contribution in [3.63, 3.8) is 0 Å². The van der Waals surface area contributed by atoms with Gasteiger partial charge in [-0.1, -0.05) is 72.8 Å². The zero-order valence-electron chi connectivity index (χ0n) is 26.8. The summed E-state index contributed by atoms with van der Waals surface area (Å²) in [6, 6.07) is 30.4. The third-order valence-corrected chi connectivity index (χ3v) is 9.02. The number of amides is 2. The van der Waals surface area contributed by atoms with Crippen LogP contribution in [-0.2, 0) is 32.6 Å². The molecule has 4 rings (SSSR count). The molecule has 0 aliphatic rings. The standard InChI is InChI=1S/C36H41N3O6S/c1-36(2,3)37-35(41)32(24-27-14-8-6-9-15-27)38(25-28-16-10-7-11-17-28)34(40)26-39(31-18-12-13-19-33(31)45-5)46(42,43)30-22-20-29(44-4)21-23-30/h6-23,32H,24-26H2,1-5H3,(H,37,41). The lowest BCUT2D eigenvalue weighted by molar-refractivity contribution is -0.140. The van der Waals surface area contributed by atoms with E-state index in [0.29, 0.717) is 5.75 Å². The minimum Gasteiger partial charge on any atom is -0.497 e. The average molecular weight is 644 g/mol. The summed E-state index contributed by atoms with van der Waals surface area (Å²) in [7, 11) is -1.37. The maximum atomic E-state index is 14.6. The largest absolute Gasteiger partial charge is 0.497 e. The fraction of sp³-hybridized carbons (Fsp3) is 0.278. The maximum absolute atomic E-state index is 14.6. The fourth-order valence-electron chi connectivity index (χ4n) is 5.01. The molecule has 9 nitrogen and oxygen atoms in total. The van der Waals surface area contributed by atoms with E-state index in [4.69, 9.17) is 9.47 Å². The number of methoxy groups -OCH3 is 2. The molecule has 0 radical (unpaired) electrons. The minimum absolute atomic E-state index is 0.0343. The van der Waals surface area contributed by atoms with Gasteiger partial charge in [0.1, 0.15) is 24.1 Å². The van der Waals surface area contributed by atoms with Gasteiger partial charge in [-0.3, -0.25) is 13.9 Å². The summed E-state index contributed by atoms with van der Waals surface area (Å²) >= 11 is 0. The zero-order valence-corrected chi connectivity index (χ0v) is 27.7. The Labute approximate surface area is 271 Å². The van der Waals surface area contributed by atoms with Crippen LogP contribution in [0.2, 0.25) is 0 Å². The number of hydrogen-bond acceptors (Lipinski definition) is 6. The highest BCUT2D eigenvalue weighted by atomic mass is 32.2. The van der Waals surface area contributed by atoms with Gasteiger partial charge in [0.05, 0.1) is 24.8 Å². The summed E-state index contributed by atoms with van der Waals surface area (Å²) in [6.07, 6.45) is 0.223. The summed E-state index contributed by atoms with van der Waals surface area (Å²) < 4.78 is 40.4. The van der Waals surface area contributed by atoms with E-state index in [1.807, 2.05) is 81.4 Å². The summed E-state index contributed by atoms with van der Waals surface area (Å²) in [4.78, 5) is 30.0. The van der Waals surface area contributed by atoms with Gasteiger partial charge < -0.3 is 19.7 Å². The number of hydrogen-bond donors (Lipinski definition) is 1. The monoisotopic (exact) mass is 643 g/mol. The van der Waals surface area contributed by atoms with Crippen LogP contribution < -0.4 is 19.1 Å². The van der Waals surface area contributed by atoms with Gasteiger partial charge in [0.25, 0.3) is 10.0 Å². The van der Waals surface area contributed by atoms with E-state index in [1.54, 1.807) is 36.4 Å². The van der Waals surface area contributed by atoms with E-state index in [9.17, 15) is 18.0 Å². The summed E-state index contributed by atoms with van der Waals surface area (Å²) in [5.41, 5.74) is 1.26. The van der Waals surface area contributed by atoms with Crippen LogP contribution in [-0.4, -0.2) is 57.5 Å². The summed E-state index contributed by atoms with van der Waals surface area (Å²) in [5, 5.41) is 3.03. The second-order valence-corrected chi connectivity index (χ2v) is 13.7. The lowest BCUT2D eigenvalue weighted by Crippen LogP contribution is -2.56. The molecule has 0 aliphatic carbocycles. The topological polar surface area (TPSA) is 105 Å². The van der Waals surface area contributed by atoms with Crippen LogP contribution in [0.25, 0.3) is 0 Å². The van der Waals surface area contributed by atoms with Gasteiger partial charge in [-0.25, -0.2) is 8.42 Å². The number of benzene rings is 4. The lowest BCUT2D eigenvalue weighted by Gasteiger charge is -2.35. The third kappa shape index (κ3) is 8.66. The third-order valence-electron chi connectivity index (χ3n) is 7.25. The average Bonchev–Trinajstić information content (AvgIpc) is 3.05. The van der Waals surface area contributed by atoms with Crippen LogP contribution in [0.4, 0.5) is 5.69 Å². The number of carbonyl (C=O) groups is 2. The molecule has 46 heavy (non-hydrogen) atoms. The Bertz CT molecular complexity index is 1710. The van der Waals surface area contributed by atoms with Crippen molar-refractivity contribution in [1.29, 1.82) is 0 Å². The van der Waals surface area contributed by atoms with Crippen LogP contribution >= 0.6 is 0 Å². The quantitative estimate of drug-likeness (QED) is 0.208. The van der Waals surface area contributed by atoms with E-state index in [-0.39, 0.29) is 35.2 Å². The highest BCUT2D eigenvalue weighted by Gasteiger charge is 2.36. The van der Waals surface area contributed by atoms with Gasteiger partial charge in [-0.15, -0.1) is 0 Å². The van der Waals surface area contributed by atoms with Crippen LogP contribution in [0.1, 0.15) is 31.9 Å². The molecule has 1 N–H and O–H groups in total. The first-order chi connectivity index (χ1) is 21.9. The second kappa shape index (κ2) is 15.0. The zero-order chi connectivity index (χ0) is 33.3. The Hall–Kier alpha value is -4.83. The number of rotatable bonds is 13. The minimum atomic E-state index is -4.30. The predicted molar refractivity (Wildman–Crippen MR) is 179 cm³/mol. The van der Waals surface area contributed by atoms with Gasteiger partial charge in [0.2, 0.25) is 11.8 Å². The molecular weight excluding hydrogens is 602 g/mol. The second-order valence-electron chi connectivity index (χ2n) is 11.8. The van der Waals surface area contributed by atoms with Crippen LogP contribution in [0, 0.1) is 0 Å². The van der Waals surface area contributed by atoms with Crippen molar-refractivity contribution in [2.45, 2.75) is 50.2 Å². The number of nitrogens with zero attached hydrogens (tertiary/aromatic N) is 2. The Morgan fingerprint density at radius 2 is 1.33 bits per heavy atom. The summed E-state index contributed by atoms with van der Waals surface area (Å²) in [5.74, 6) is -0.144. The molecule has 0 bridgehead atoms. The fourth-order valence-corrected chi connectivity index (χ4v) is 6.44. The highest BCUT2D eigenvalue weighted by Crippen LogP contribution is 2.33. The maximum Gasteiger partial charge on any atom is 0.264 e. The van der Waals surface area contributed by atoms with Crippen LogP contribution in [0.15, 0.2) is 114 Å². The molecule has 1 unspecified atom stereocenters. The van der Waals surface area contributed by atoms with Crippen molar-refractivity contribution in [1.82, 2.24) is 10.2 Å². The molecule has 0 aromatic heterocycles. The first-order valence-corrected chi connectivity index (χ1v) is 16.4. The van der Waals surface area contributed by atoms with E-state index >= 15 is 0 Å². The van der Waals surface area contributed by atoms with Crippen molar-refractivity contribution in [2.24, 2.45) is 0 Å². The molecule has 4 aromatic carbocycles. The van der Waals surface area contributed by atoms with Crippen molar-refractivity contribution >= 4 is 27.5 Å². The summed E-state index contributed by atoms with van der Waals surface area (Å²) in [6.45, 7) is 5.11. The lowest BCUT2D eigenvalue weighted by atomic mass is 10.0. The first kappa shape index (κ1) is 34.1. The SMILES string of the molecule is COc1ccc(S(=O)(=O)N(CC(=O)N(Cc2ccccc2)C(Cc2ccccc2)C(=O)NC(C)(C)C)c2ccccc2OC)cc1. The number of nitrogens with one attached hydrogen (secondary N) is 1. The van der Waals surface area contributed by atoms with E-state index in [0.717, 1.165) is 15.4 Å². The molecule has 0 saturated carbocycles. The Kier molecular flexibility index (Phi) is 11.1. The number of sulfonamides is 1. The number of carbonyl (C=O) groups excluding carboxylic acids is 2. The molecule has 0 fully saturated rings. The molecule has 1 atom stereocenters. The van der Waals surface area contributed by atoms with E-state index < -0.39 is 34.1 Å². The van der Waals surface area contributed by atoms with Crippen LogP contribution in [0.3, 0.4) is 0 Å². The molecule has 0 aliphatic heterocycles. The number of para-hydroxylation sites is 2. The molecule has 0 heterocycles. The van der Waals surface area contributed by atoms with Crippen LogP contribution in [0.5, 0.6) is 11.5 Å². The van der Waals surface area contributed by atoms with Crippen molar-refractivity contribution in [3.05, 3.63) is 120 Å². The number of ether oxygens (including phenoxy) is 2. The van der Waals surface area contributed by atoms with Gasteiger partial charge >= 0.3 is 0 Å². The highest BCUT2D eigenvalue weighted by molar-refractivity contribution is 7.92. The van der Waals surface area contributed by atoms with Gasteiger partial charge in [0, 0.05) is 18.5 Å². The Morgan fingerprint density at radius 3 is 1.89 bits per heavy atom. The first-order valence-electron chi connectivity index (χ1n) is 14.9. The molecule has 0 saturated heterocycles. The van der Waals surface area contributed by atoms with E-state index in [1.165, 1.54) is 31.3 Å². The van der Waals surface area contributed by atoms with Gasteiger partial charge in [-0.05, 0) is 68.3 Å². The van der Waals surface area contributed by atoms with E-state index in [2.05, 4.69) is 5.32 Å². The molecule has 0 spiro atoms. The Balaban J connectivity index is 1.83. The smallest absolute Gasteiger partial charge is 0.264 e. The normalized spacial score (nSPS) is 12.1. The van der Waals surface area contributed by atoms with Crippen molar-refractivity contribution < 1.29 is 27.5 Å².